The fraction of sp³-hybridized carbons (Fsp3) is 0.429. The van der Waals surface area contributed by atoms with Crippen LogP contribution in [0.15, 0.2) is 24.8 Å². The summed E-state index contributed by atoms with van der Waals surface area (Å²) in [6.07, 6.45) is 2.37. The molecule has 0 heterocycles. The molecule has 0 amide bonds. The molecule has 1 unspecified atom stereocenters. The van der Waals surface area contributed by atoms with Gasteiger partial charge in [0.25, 0.3) is 0 Å². The van der Waals surface area contributed by atoms with Crippen molar-refractivity contribution in [2.24, 2.45) is 5.73 Å². The second kappa shape index (κ2) is 6.91. The van der Waals surface area contributed by atoms with Gasteiger partial charge in [-0.15, -0.1) is 0 Å². The van der Waals surface area contributed by atoms with E-state index in [0.29, 0.717) is 23.8 Å². The van der Waals surface area contributed by atoms with Gasteiger partial charge in [0.2, 0.25) is 5.75 Å². The van der Waals surface area contributed by atoms with Crippen molar-refractivity contribution < 1.29 is 14.2 Å². The van der Waals surface area contributed by atoms with Crippen LogP contribution in [0.2, 0.25) is 0 Å². The summed E-state index contributed by atoms with van der Waals surface area (Å²) in [5, 5.41) is 0. The number of benzene rings is 1. The zero-order valence-electron chi connectivity index (χ0n) is 11.2. The lowest BCUT2D eigenvalue weighted by atomic mass is 10.1. The molecule has 0 radical (unpaired) electrons. The number of ether oxygens (including phenoxy) is 3. The molecule has 0 aliphatic carbocycles. The fourth-order valence-electron chi connectivity index (χ4n) is 1.60. The molecule has 0 saturated heterocycles. The summed E-state index contributed by atoms with van der Waals surface area (Å²) >= 11 is 0. The minimum absolute atomic E-state index is 0.117. The van der Waals surface area contributed by atoms with Crippen LogP contribution in [0.1, 0.15) is 12.5 Å². The summed E-state index contributed by atoms with van der Waals surface area (Å²) in [5.74, 6) is 1.88. The van der Waals surface area contributed by atoms with E-state index in [2.05, 4.69) is 6.58 Å². The normalized spacial score (nSPS) is 11.8. The Kier molecular flexibility index (Phi) is 5.52. The van der Waals surface area contributed by atoms with Gasteiger partial charge in [-0.25, -0.2) is 0 Å². The third-order valence-electron chi connectivity index (χ3n) is 2.59. The first-order valence-corrected chi connectivity index (χ1v) is 5.90. The molecule has 0 bridgehead atoms. The molecule has 1 rings (SSSR count). The number of hydrogen-bond acceptors (Lipinski definition) is 4. The molecule has 0 aliphatic rings. The highest BCUT2D eigenvalue weighted by Crippen LogP contribution is 2.39. The van der Waals surface area contributed by atoms with Gasteiger partial charge in [-0.1, -0.05) is 12.7 Å². The van der Waals surface area contributed by atoms with E-state index in [1.165, 1.54) is 0 Å². The van der Waals surface area contributed by atoms with Gasteiger partial charge in [0, 0.05) is 0 Å². The van der Waals surface area contributed by atoms with Crippen LogP contribution in [0.25, 0.3) is 0 Å². The second-order valence-electron chi connectivity index (χ2n) is 3.93. The van der Waals surface area contributed by atoms with Crippen LogP contribution in [0.5, 0.6) is 17.2 Å². The molecule has 0 spiro atoms. The summed E-state index contributed by atoms with van der Waals surface area (Å²) in [5.41, 5.74) is 6.62. The molecular formula is C14H21NO3. The van der Waals surface area contributed by atoms with E-state index in [4.69, 9.17) is 19.9 Å². The average Bonchev–Trinajstić information content (AvgIpc) is 2.39. The summed E-state index contributed by atoms with van der Waals surface area (Å²) in [7, 11) is 3.21. The van der Waals surface area contributed by atoms with Crippen molar-refractivity contribution in [3.63, 3.8) is 0 Å². The largest absolute Gasteiger partial charge is 0.493 e. The minimum atomic E-state index is -0.117. The summed E-state index contributed by atoms with van der Waals surface area (Å²) in [4.78, 5) is 0. The first kappa shape index (κ1) is 14.4. The standard InChI is InChI=1S/C14H21NO3/c1-5-10(2)18-14-12(16-3)8-11(6-7-15)9-13(14)17-4/h5,8-10H,1,6-7,15H2,2-4H3. The molecule has 4 nitrogen and oxygen atoms in total. The summed E-state index contributed by atoms with van der Waals surface area (Å²) < 4.78 is 16.4. The average molecular weight is 251 g/mol. The molecule has 18 heavy (non-hydrogen) atoms. The van der Waals surface area contributed by atoms with E-state index in [1.807, 2.05) is 19.1 Å². The predicted octanol–water partition coefficient (Wildman–Crippen LogP) is 2.16. The van der Waals surface area contributed by atoms with Gasteiger partial charge in [0.1, 0.15) is 6.10 Å². The quantitative estimate of drug-likeness (QED) is 0.754. The van der Waals surface area contributed by atoms with Crippen LogP contribution in [0, 0.1) is 0 Å². The minimum Gasteiger partial charge on any atom is -0.493 e. The Balaban J connectivity index is 3.16. The number of methoxy groups -OCH3 is 2. The van der Waals surface area contributed by atoms with Gasteiger partial charge in [0.15, 0.2) is 11.5 Å². The van der Waals surface area contributed by atoms with Crippen molar-refractivity contribution in [3.05, 3.63) is 30.4 Å². The van der Waals surface area contributed by atoms with Gasteiger partial charge in [-0.3, -0.25) is 0 Å². The molecule has 0 saturated carbocycles. The SMILES string of the molecule is C=CC(C)Oc1c(OC)cc(CCN)cc1OC. The maximum absolute atomic E-state index is 5.74. The van der Waals surface area contributed by atoms with E-state index < -0.39 is 0 Å². The topological polar surface area (TPSA) is 53.7 Å². The van der Waals surface area contributed by atoms with Crippen LogP contribution >= 0.6 is 0 Å². The third kappa shape index (κ3) is 3.40. The van der Waals surface area contributed by atoms with Gasteiger partial charge in [-0.05, 0) is 37.6 Å². The first-order chi connectivity index (χ1) is 8.65. The Hall–Kier alpha value is -1.68. The smallest absolute Gasteiger partial charge is 0.204 e. The summed E-state index contributed by atoms with van der Waals surface area (Å²) in [6, 6.07) is 3.83. The predicted molar refractivity (Wildman–Crippen MR) is 72.6 cm³/mol. The Morgan fingerprint density at radius 2 is 1.83 bits per heavy atom. The van der Waals surface area contributed by atoms with Crippen LogP contribution in [0.3, 0.4) is 0 Å². The van der Waals surface area contributed by atoms with Crippen molar-refractivity contribution >= 4 is 0 Å². The Labute approximate surface area is 108 Å². The van der Waals surface area contributed by atoms with Crippen LogP contribution in [0.4, 0.5) is 0 Å². The van der Waals surface area contributed by atoms with Gasteiger partial charge in [-0.2, -0.15) is 0 Å². The molecule has 0 aromatic heterocycles. The van der Waals surface area contributed by atoms with Crippen molar-refractivity contribution in [3.8, 4) is 17.2 Å². The molecule has 0 fully saturated rings. The fourth-order valence-corrected chi connectivity index (χ4v) is 1.60. The lowest BCUT2D eigenvalue weighted by Crippen LogP contribution is -2.10. The highest BCUT2D eigenvalue weighted by atomic mass is 16.5. The Morgan fingerprint density at radius 1 is 1.28 bits per heavy atom. The molecule has 0 aliphatic heterocycles. The van der Waals surface area contributed by atoms with Crippen molar-refractivity contribution in [1.29, 1.82) is 0 Å². The van der Waals surface area contributed by atoms with Gasteiger partial charge in [0.05, 0.1) is 14.2 Å². The molecule has 100 valence electrons. The Bertz CT molecular complexity index is 379. The maximum Gasteiger partial charge on any atom is 0.204 e. The summed E-state index contributed by atoms with van der Waals surface area (Å²) in [6.45, 7) is 6.17. The number of rotatable bonds is 7. The number of nitrogens with two attached hydrogens (primary N) is 1. The molecule has 4 heteroatoms. The first-order valence-electron chi connectivity index (χ1n) is 5.90. The van der Waals surface area contributed by atoms with Crippen molar-refractivity contribution in [2.75, 3.05) is 20.8 Å². The molecule has 2 N–H and O–H groups in total. The molecule has 1 atom stereocenters. The lowest BCUT2D eigenvalue weighted by Gasteiger charge is -2.18. The van der Waals surface area contributed by atoms with E-state index in [0.717, 1.165) is 12.0 Å². The van der Waals surface area contributed by atoms with Gasteiger partial charge < -0.3 is 19.9 Å². The van der Waals surface area contributed by atoms with Crippen molar-refractivity contribution in [2.45, 2.75) is 19.4 Å². The monoisotopic (exact) mass is 251 g/mol. The van der Waals surface area contributed by atoms with Gasteiger partial charge >= 0.3 is 0 Å². The van der Waals surface area contributed by atoms with E-state index in [9.17, 15) is 0 Å². The van der Waals surface area contributed by atoms with E-state index >= 15 is 0 Å². The van der Waals surface area contributed by atoms with E-state index in [1.54, 1.807) is 20.3 Å². The van der Waals surface area contributed by atoms with Crippen LogP contribution in [-0.4, -0.2) is 26.9 Å². The third-order valence-corrected chi connectivity index (χ3v) is 2.59. The van der Waals surface area contributed by atoms with Crippen LogP contribution in [-0.2, 0) is 6.42 Å². The van der Waals surface area contributed by atoms with Crippen LogP contribution < -0.4 is 19.9 Å². The Morgan fingerprint density at radius 3 is 2.22 bits per heavy atom. The van der Waals surface area contributed by atoms with E-state index in [-0.39, 0.29) is 6.10 Å². The molecule has 1 aromatic rings. The molecular weight excluding hydrogens is 230 g/mol. The zero-order valence-corrected chi connectivity index (χ0v) is 11.2. The second-order valence-corrected chi connectivity index (χ2v) is 3.93. The number of hydrogen-bond donors (Lipinski definition) is 1. The highest BCUT2D eigenvalue weighted by Gasteiger charge is 2.15. The molecule has 1 aromatic carbocycles. The highest BCUT2D eigenvalue weighted by molar-refractivity contribution is 5.54. The van der Waals surface area contributed by atoms with Crippen molar-refractivity contribution in [1.82, 2.24) is 0 Å². The zero-order chi connectivity index (χ0) is 13.5. The maximum atomic E-state index is 5.74. The lowest BCUT2D eigenvalue weighted by molar-refractivity contribution is 0.240.